The van der Waals surface area contributed by atoms with E-state index in [1.54, 1.807) is 12.2 Å². The topological polar surface area (TPSA) is 46.6 Å². The van der Waals surface area contributed by atoms with Gasteiger partial charge in [0.1, 0.15) is 12.4 Å². The van der Waals surface area contributed by atoms with E-state index in [9.17, 15) is 9.59 Å². The van der Waals surface area contributed by atoms with Crippen LogP contribution in [0.4, 0.5) is 4.79 Å². The van der Waals surface area contributed by atoms with Crippen molar-refractivity contribution in [1.82, 2.24) is 4.90 Å². The zero-order chi connectivity index (χ0) is 18.5. The van der Waals surface area contributed by atoms with Crippen molar-refractivity contribution in [3.05, 3.63) is 82.8 Å². The van der Waals surface area contributed by atoms with Gasteiger partial charge in [-0.25, -0.2) is 0 Å². The van der Waals surface area contributed by atoms with E-state index in [4.69, 9.17) is 4.74 Å². The maximum Gasteiger partial charge on any atom is 0.293 e. The van der Waals surface area contributed by atoms with Crippen molar-refractivity contribution in [2.45, 2.75) is 13.5 Å². The maximum atomic E-state index is 12.6. The molecule has 1 aliphatic heterocycles. The minimum atomic E-state index is -0.265. The Kier molecular flexibility index (Phi) is 5.58. The zero-order valence-electron chi connectivity index (χ0n) is 14.5. The van der Waals surface area contributed by atoms with Gasteiger partial charge in [-0.15, -0.1) is 0 Å². The quantitative estimate of drug-likeness (QED) is 0.545. The number of aryl methyl sites for hydroxylation is 1. The molecule has 0 N–H and O–H groups in total. The van der Waals surface area contributed by atoms with Gasteiger partial charge in [0, 0.05) is 0 Å². The molecule has 0 unspecified atom stereocenters. The molecule has 0 atom stereocenters. The van der Waals surface area contributed by atoms with Crippen LogP contribution in [0.2, 0.25) is 0 Å². The van der Waals surface area contributed by atoms with E-state index in [0.717, 1.165) is 28.5 Å². The van der Waals surface area contributed by atoms with Crippen molar-refractivity contribution in [2.75, 3.05) is 6.61 Å². The van der Waals surface area contributed by atoms with E-state index < -0.39 is 0 Å². The van der Waals surface area contributed by atoms with Crippen LogP contribution in [0.25, 0.3) is 6.08 Å². The summed E-state index contributed by atoms with van der Waals surface area (Å²) in [4.78, 5) is 26.6. The lowest BCUT2D eigenvalue weighted by molar-refractivity contribution is -0.123. The minimum Gasteiger partial charge on any atom is -0.490 e. The summed E-state index contributed by atoms with van der Waals surface area (Å²) in [6.07, 6.45) is 3.39. The van der Waals surface area contributed by atoms with Gasteiger partial charge in [-0.3, -0.25) is 14.5 Å². The van der Waals surface area contributed by atoms with E-state index in [-0.39, 0.29) is 17.7 Å². The molecular formula is C21H19NO3S. The van der Waals surface area contributed by atoms with Crippen LogP contribution in [0.3, 0.4) is 0 Å². The Morgan fingerprint density at radius 3 is 2.73 bits per heavy atom. The summed E-state index contributed by atoms with van der Waals surface area (Å²) in [5, 5.41) is -0.248. The van der Waals surface area contributed by atoms with Gasteiger partial charge in [-0.05, 0) is 48.0 Å². The summed E-state index contributed by atoms with van der Waals surface area (Å²) < 4.78 is 5.50. The van der Waals surface area contributed by atoms with Crippen molar-refractivity contribution in [2.24, 2.45) is 0 Å². The van der Waals surface area contributed by atoms with Crippen molar-refractivity contribution in [3.8, 4) is 5.75 Å². The molecule has 4 nitrogen and oxygen atoms in total. The minimum absolute atomic E-state index is 0.248. The number of benzene rings is 2. The number of ether oxygens (including phenoxy) is 1. The summed E-state index contributed by atoms with van der Waals surface area (Å²) in [5.74, 6) is 0.427. The highest BCUT2D eigenvalue weighted by atomic mass is 32.2. The molecule has 3 rings (SSSR count). The fourth-order valence-electron chi connectivity index (χ4n) is 2.63. The van der Waals surface area contributed by atoms with Crippen molar-refractivity contribution in [1.29, 1.82) is 0 Å². The highest BCUT2D eigenvalue weighted by Gasteiger charge is 2.34. The average molecular weight is 365 g/mol. The summed E-state index contributed by atoms with van der Waals surface area (Å²) >= 11 is 0.965. The van der Waals surface area contributed by atoms with Gasteiger partial charge in [0.05, 0.1) is 11.4 Å². The highest BCUT2D eigenvalue weighted by molar-refractivity contribution is 8.18. The Morgan fingerprint density at radius 1 is 1.15 bits per heavy atom. The third kappa shape index (κ3) is 4.24. The Bertz CT molecular complexity index is 888. The zero-order valence-corrected chi connectivity index (χ0v) is 15.3. The Balaban J connectivity index is 1.77. The van der Waals surface area contributed by atoms with Crippen molar-refractivity contribution < 1.29 is 14.3 Å². The van der Waals surface area contributed by atoms with Gasteiger partial charge in [0.25, 0.3) is 11.1 Å². The smallest absolute Gasteiger partial charge is 0.293 e. The van der Waals surface area contributed by atoms with Crippen LogP contribution in [0, 0.1) is 6.92 Å². The van der Waals surface area contributed by atoms with Crippen LogP contribution in [-0.4, -0.2) is 22.7 Å². The molecule has 0 radical (unpaired) electrons. The average Bonchev–Trinajstić information content (AvgIpc) is 2.88. The number of rotatable bonds is 6. The van der Waals surface area contributed by atoms with Gasteiger partial charge in [0.15, 0.2) is 0 Å². The number of nitrogens with zero attached hydrogens (tertiary/aromatic N) is 1. The van der Waals surface area contributed by atoms with Crippen LogP contribution in [0.5, 0.6) is 5.75 Å². The first-order valence-electron chi connectivity index (χ1n) is 8.21. The molecule has 0 aliphatic carbocycles. The second-order valence-electron chi connectivity index (χ2n) is 5.93. The maximum absolute atomic E-state index is 12.6. The van der Waals surface area contributed by atoms with E-state index in [2.05, 4.69) is 6.58 Å². The lowest BCUT2D eigenvalue weighted by Crippen LogP contribution is -2.27. The molecule has 0 saturated carbocycles. The van der Waals surface area contributed by atoms with Crippen LogP contribution >= 0.6 is 11.8 Å². The third-order valence-electron chi connectivity index (χ3n) is 3.82. The molecule has 5 heteroatoms. The van der Waals surface area contributed by atoms with E-state index in [0.29, 0.717) is 17.3 Å². The first-order chi connectivity index (χ1) is 12.6. The van der Waals surface area contributed by atoms with Gasteiger partial charge in [-0.2, -0.15) is 0 Å². The van der Waals surface area contributed by atoms with Crippen LogP contribution in [0.15, 0.2) is 66.1 Å². The molecule has 1 aliphatic rings. The summed E-state index contributed by atoms with van der Waals surface area (Å²) in [6.45, 7) is 6.30. The second kappa shape index (κ2) is 8.06. The predicted octanol–water partition coefficient (Wildman–Crippen LogP) is 4.80. The normalized spacial score (nSPS) is 15.6. The first kappa shape index (κ1) is 18.0. The lowest BCUT2D eigenvalue weighted by atomic mass is 10.1. The number of hydrogen-bond donors (Lipinski definition) is 0. The predicted molar refractivity (Wildman–Crippen MR) is 105 cm³/mol. The number of thioether (sulfide) groups is 1. The molecule has 1 fully saturated rings. The number of imide groups is 1. The molecule has 26 heavy (non-hydrogen) atoms. The Hall–Kier alpha value is -2.79. The van der Waals surface area contributed by atoms with Crippen molar-refractivity contribution >= 4 is 29.0 Å². The van der Waals surface area contributed by atoms with Gasteiger partial charge in [-0.1, -0.05) is 54.6 Å². The number of hydrogen-bond acceptors (Lipinski definition) is 4. The molecule has 0 aromatic heterocycles. The van der Waals surface area contributed by atoms with Crippen LogP contribution < -0.4 is 4.74 Å². The number of carbonyl (C=O) groups excluding carboxylic acids is 2. The van der Waals surface area contributed by atoms with E-state index in [1.807, 2.05) is 55.5 Å². The Morgan fingerprint density at radius 2 is 1.96 bits per heavy atom. The van der Waals surface area contributed by atoms with Crippen LogP contribution in [-0.2, 0) is 11.3 Å². The molecule has 132 valence electrons. The van der Waals surface area contributed by atoms with Crippen molar-refractivity contribution in [3.63, 3.8) is 0 Å². The molecular weight excluding hydrogens is 346 g/mol. The molecule has 2 amide bonds. The highest BCUT2D eigenvalue weighted by Crippen LogP contribution is 2.33. The standard InChI is InChI=1S/C21H19NO3S/c1-3-10-25-18-9-5-7-16(12-18)13-19-20(23)22(21(24)26-19)14-17-8-4-6-15(2)11-17/h3-9,11-13H,1,10,14H2,2H3/b19-13+. The lowest BCUT2D eigenvalue weighted by Gasteiger charge is -2.12. The largest absolute Gasteiger partial charge is 0.490 e. The SMILES string of the molecule is C=CCOc1cccc(/C=C2/SC(=O)N(Cc3cccc(C)c3)C2=O)c1. The van der Waals surface area contributed by atoms with Gasteiger partial charge in [0.2, 0.25) is 0 Å². The van der Waals surface area contributed by atoms with Crippen LogP contribution in [0.1, 0.15) is 16.7 Å². The number of amides is 2. The molecule has 2 aromatic rings. The molecule has 0 bridgehead atoms. The summed E-state index contributed by atoms with van der Waals surface area (Å²) in [5.41, 5.74) is 2.85. The van der Waals surface area contributed by atoms with Gasteiger partial charge < -0.3 is 4.74 Å². The first-order valence-corrected chi connectivity index (χ1v) is 9.03. The second-order valence-corrected chi connectivity index (χ2v) is 6.92. The molecule has 0 spiro atoms. The molecule has 1 saturated heterocycles. The summed E-state index contributed by atoms with van der Waals surface area (Å²) in [6, 6.07) is 15.2. The summed E-state index contributed by atoms with van der Waals surface area (Å²) in [7, 11) is 0. The fraction of sp³-hybridized carbons (Fsp3) is 0.143. The number of carbonyl (C=O) groups is 2. The molecule has 1 heterocycles. The third-order valence-corrected chi connectivity index (χ3v) is 4.73. The fourth-order valence-corrected chi connectivity index (χ4v) is 3.47. The molecule has 2 aromatic carbocycles. The van der Waals surface area contributed by atoms with Gasteiger partial charge >= 0.3 is 0 Å². The van der Waals surface area contributed by atoms with E-state index >= 15 is 0 Å². The van der Waals surface area contributed by atoms with E-state index in [1.165, 1.54) is 4.90 Å². The Labute approximate surface area is 157 Å². The monoisotopic (exact) mass is 365 g/mol.